The summed E-state index contributed by atoms with van der Waals surface area (Å²) in [6, 6.07) is 10.2. The van der Waals surface area contributed by atoms with Gasteiger partial charge in [-0.05, 0) is 44.8 Å². The highest BCUT2D eigenvalue weighted by Crippen LogP contribution is 2.25. The van der Waals surface area contributed by atoms with Gasteiger partial charge < -0.3 is 10.6 Å². The molecule has 2 heterocycles. The van der Waals surface area contributed by atoms with Gasteiger partial charge in [0.25, 0.3) is 0 Å². The normalized spacial score (nSPS) is 25.9. The summed E-state index contributed by atoms with van der Waals surface area (Å²) < 4.78 is 0. The summed E-state index contributed by atoms with van der Waals surface area (Å²) in [5.41, 5.74) is 6.34. The molecule has 0 radical (unpaired) electrons. The van der Waals surface area contributed by atoms with Crippen molar-refractivity contribution in [2.45, 2.75) is 44.2 Å². The van der Waals surface area contributed by atoms with Crippen molar-refractivity contribution in [3.63, 3.8) is 0 Å². The Morgan fingerprint density at radius 1 is 1.14 bits per heavy atom. The molecule has 0 aliphatic carbocycles. The van der Waals surface area contributed by atoms with Gasteiger partial charge in [0.15, 0.2) is 0 Å². The molecule has 3 rings (SSSR count). The lowest BCUT2D eigenvalue weighted by Crippen LogP contribution is -2.51. The zero-order chi connectivity index (χ0) is 15.6. The fourth-order valence-corrected chi connectivity index (χ4v) is 3.74. The van der Waals surface area contributed by atoms with Crippen LogP contribution in [0.25, 0.3) is 0 Å². The van der Waals surface area contributed by atoms with Crippen LogP contribution in [0.1, 0.15) is 38.2 Å². The first-order valence-corrected chi connectivity index (χ1v) is 8.47. The molecule has 0 saturated carbocycles. The summed E-state index contributed by atoms with van der Waals surface area (Å²) in [5, 5.41) is 0. The molecule has 2 fully saturated rings. The summed E-state index contributed by atoms with van der Waals surface area (Å²) in [4.78, 5) is 17.4. The van der Waals surface area contributed by atoms with Crippen LogP contribution in [-0.2, 0) is 10.3 Å². The molecule has 1 aromatic carbocycles. The summed E-state index contributed by atoms with van der Waals surface area (Å²) >= 11 is 0. The van der Waals surface area contributed by atoms with Gasteiger partial charge in [-0.1, -0.05) is 36.8 Å². The fraction of sp³-hybridized carbons (Fsp3) is 0.611. The summed E-state index contributed by atoms with van der Waals surface area (Å²) in [5.74, 6) is 0.0539. The van der Waals surface area contributed by atoms with Gasteiger partial charge in [0.1, 0.15) is 5.54 Å². The maximum Gasteiger partial charge on any atom is 0.247 e. The van der Waals surface area contributed by atoms with Crippen LogP contribution in [0, 0.1) is 0 Å². The Bertz CT molecular complexity index is 508. The zero-order valence-corrected chi connectivity index (χ0v) is 13.5. The fourth-order valence-electron chi connectivity index (χ4n) is 3.74. The van der Waals surface area contributed by atoms with Crippen LogP contribution in [0.15, 0.2) is 30.3 Å². The summed E-state index contributed by atoms with van der Waals surface area (Å²) in [6.45, 7) is 5.87. The number of piperidine rings is 1. The third-order valence-corrected chi connectivity index (χ3v) is 5.18. The molecule has 1 amide bonds. The van der Waals surface area contributed by atoms with Crippen molar-refractivity contribution >= 4 is 5.91 Å². The molecule has 2 unspecified atom stereocenters. The number of carbonyl (C=O) groups excluding carboxylic acids is 1. The molecule has 1 aromatic rings. The summed E-state index contributed by atoms with van der Waals surface area (Å²) in [7, 11) is 0. The molecule has 0 bridgehead atoms. The number of hydrogen-bond donors (Lipinski definition) is 1. The van der Waals surface area contributed by atoms with Gasteiger partial charge in [-0.15, -0.1) is 0 Å². The minimum Gasteiger partial charge on any atom is -0.339 e. The zero-order valence-electron chi connectivity index (χ0n) is 13.5. The molecular formula is C18H27N3O. The van der Waals surface area contributed by atoms with E-state index in [0.717, 1.165) is 25.1 Å². The monoisotopic (exact) mass is 301 g/mol. The van der Waals surface area contributed by atoms with E-state index in [1.807, 2.05) is 42.2 Å². The van der Waals surface area contributed by atoms with E-state index in [1.54, 1.807) is 0 Å². The number of benzene rings is 1. The highest BCUT2D eigenvalue weighted by molar-refractivity contribution is 5.87. The second-order valence-electron chi connectivity index (χ2n) is 6.86. The first kappa shape index (κ1) is 15.5. The van der Waals surface area contributed by atoms with Crippen LogP contribution in [0.3, 0.4) is 0 Å². The van der Waals surface area contributed by atoms with Crippen LogP contribution in [0.4, 0.5) is 0 Å². The van der Waals surface area contributed by atoms with E-state index >= 15 is 0 Å². The van der Waals surface area contributed by atoms with E-state index in [9.17, 15) is 4.79 Å². The number of likely N-dealkylation sites (tertiary alicyclic amines) is 2. The Morgan fingerprint density at radius 2 is 1.82 bits per heavy atom. The van der Waals surface area contributed by atoms with Crippen LogP contribution in [0.2, 0.25) is 0 Å². The molecule has 2 N–H and O–H groups in total. The largest absolute Gasteiger partial charge is 0.339 e. The lowest BCUT2D eigenvalue weighted by atomic mass is 9.92. The molecule has 0 aromatic heterocycles. The molecule has 2 aliphatic heterocycles. The van der Waals surface area contributed by atoms with E-state index < -0.39 is 5.54 Å². The molecule has 22 heavy (non-hydrogen) atoms. The standard InChI is InChI=1S/C18H27N3O/c1-18(19,15-8-4-2-5-9-15)17(22)21-13-10-16(14-21)20-11-6-3-7-12-20/h2,4-5,8-9,16H,3,6-7,10-14,19H2,1H3. The number of carbonyl (C=O) groups is 1. The lowest BCUT2D eigenvalue weighted by Gasteiger charge is -2.33. The van der Waals surface area contributed by atoms with E-state index in [0.29, 0.717) is 6.04 Å². The Hall–Kier alpha value is -1.39. The number of nitrogens with zero attached hydrogens (tertiary/aromatic N) is 2. The highest BCUT2D eigenvalue weighted by atomic mass is 16.2. The molecule has 2 saturated heterocycles. The minimum atomic E-state index is -0.932. The van der Waals surface area contributed by atoms with Crippen LogP contribution in [0.5, 0.6) is 0 Å². The van der Waals surface area contributed by atoms with Gasteiger partial charge >= 0.3 is 0 Å². The number of hydrogen-bond acceptors (Lipinski definition) is 3. The van der Waals surface area contributed by atoms with Gasteiger partial charge in [0, 0.05) is 19.1 Å². The molecule has 4 nitrogen and oxygen atoms in total. The van der Waals surface area contributed by atoms with Crippen molar-refractivity contribution in [1.29, 1.82) is 0 Å². The maximum absolute atomic E-state index is 12.9. The molecule has 4 heteroatoms. The average molecular weight is 301 g/mol. The predicted octanol–water partition coefficient (Wildman–Crippen LogP) is 1.95. The third-order valence-electron chi connectivity index (χ3n) is 5.18. The Balaban J connectivity index is 1.66. The quantitative estimate of drug-likeness (QED) is 0.928. The number of nitrogens with two attached hydrogens (primary N) is 1. The number of amides is 1. The van der Waals surface area contributed by atoms with Crippen molar-refractivity contribution in [1.82, 2.24) is 9.80 Å². The molecule has 2 aliphatic rings. The van der Waals surface area contributed by atoms with Gasteiger partial charge in [0.2, 0.25) is 5.91 Å². The van der Waals surface area contributed by atoms with Crippen LogP contribution < -0.4 is 5.73 Å². The van der Waals surface area contributed by atoms with E-state index in [-0.39, 0.29) is 5.91 Å². The SMILES string of the molecule is CC(N)(C(=O)N1CCC(N2CCCCC2)C1)c1ccccc1. The van der Waals surface area contributed by atoms with Crippen LogP contribution >= 0.6 is 0 Å². The van der Waals surface area contributed by atoms with Gasteiger partial charge in [-0.2, -0.15) is 0 Å². The molecule has 120 valence electrons. The third kappa shape index (κ3) is 3.03. The van der Waals surface area contributed by atoms with Crippen molar-refractivity contribution in [3.8, 4) is 0 Å². The maximum atomic E-state index is 12.9. The van der Waals surface area contributed by atoms with Gasteiger partial charge in [-0.3, -0.25) is 9.69 Å². The van der Waals surface area contributed by atoms with E-state index in [2.05, 4.69) is 4.90 Å². The second kappa shape index (κ2) is 6.39. The van der Waals surface area contributed by atoms with Crippen molar-refractivity contribution in [2.24, 2.45) is 5.73 Å². The molecular weight excluding hydrogens is 274 g/mol. The average Bonchev–Trinajstić information content (AvgIpc) is 3.05. The number of rotatable bonds is 3. The first-order chi connectivity index (χ1) is 10.6. The lowest BCUT2D eigenvalue weighted by molar-refractivity contribution is -0.135. The minimum absolute atomic E-state index is 0.0539. The van der Waals surface area contributed by atoms with Crippen LogP contribution in [-0.4, -0.2) is 47.9 Å². The topological polar surface area (TPSA) is 49.6 Å². The molecule has 0 spiro atoms. The summed E-state index contributed by atoms with van der Waals surface area (Å²) in [6.07, 6.45) is 5.02. The van der Waals surface area contributed by atoms with Gasteiger partial charge in [-0.25, -0.2) is 0 Å². The van der Waals surface area contributed by atoms with Crippen molar-refractivity contribution < 1.29 is 4.79 Å². The second-order valence-corrected chi connectivity index (χ2v) is 6.86. The Kier molecular flexibility index (Phi) is 4.50. The van der Waals surface area contributed by atoms with Gasteiger partial charge in [0.05, 0.1) is 0 Å². The molecule has 2 atom stereocenters. The Morgan fingerprint density at radius 3 is 2.50 bits per heavy atom. The highest BCUT2D eigenvalue weighted by Gasteiger charge is 2.39. The van der Waals surface area contributed by atoms with E-state index in [4.69, 9.17) is 5.73 Å². The smallest absolute Gasteiger partial charge is 0.247 e. The van der Waals surface area contributed by atoms with Crippen molar-refractivity contribution in [3.05, 3.63) is 35.9 Å². The first-order valence-electron chi connectivity index (χ1n) is 8.47. The van der Waals surface area contributed by atoms with Crippen molar-refractivity contribution in [2.75, 3.05) is 26.2 Å². The van der Waals surface area contributed by atoms with E-state index in [1.165, 1.54) is 32.4 Å². The predicted molar refractivity (Wildman–Crippen MR) is 88.4 cm³/mol. The Labute approximate surface area is 133 Å².